The number of hydrogen-bond donors (Lipinski definition) is 1. The lowest BCUT2D eigenvalue weighted by Crippen LogP contribution is -2.41. The molecule has 0 atom stereocenters. The van der Waals surface area contributed by atoms with Crippen LogP contribution in [0.15, 0.2) is 29.2 Å². The summed E-state index contributed by atoms with van der Waals surface area (Å²) in [6.45, 7) is 0.805. The van der Waals surface area contributed by atoms with E-state index in [9.17, 15) is 26.9 Å². The second kappa shape index (κ2) is 7.13. The first kappa shape index (κ1) is 18.8. The van der Waals surface area contributed by atoms with Crippen molar-refractivity contribution in [3.63, 3.8) is 0 Å². The number of hydrogen-bond acceptors (Lipinski definition) is 6. The third-order valence-corrected chi connectivity index (χ3v) is 6.73. The molecule has 1 aliphatic rings. The topological polar surface area (TPSA) is 127 Å². The molecule has 0 amide bonds. The zero-order chi connectivity index (χ0) is 18.0. The van der Waals surface area contributed by atoms with E-state index in [1.54, 1.807) is 0 Å². The molecule has 1 saturated heterocycles. The van der Waals surface area contributed by atoms with Crippen molar-refractivity contribution in [1.82, 2.24) is 9.03 Å². The molecule has 0 bridgehead atoms. The minimum Gasteiger partial charge on any atom is -0.258 e. The molecule has 2 rings (SSSR count). The van der Waals surface area contributed by atoms with Gasteiger partial charge in [0.2, 0.25) is 20.0 Å². The van der Waals surface area contributed by atoms with Gasteiger partial charge in [-0.2, -0.15) is 0 Å². The molecule has 1 N–H and O–H groups in total. The SMILES string of the molecule is CS(=O)(=O)N1CCC(CNS(=O)(=O)c2ccccc2[N+](=O)[O-])CC1. The monoisotopic (exact) mass is 377 g/mol. The first-order valence-corrected chi connectivity index (χ1v) is 10.6. The Balaban J connectivity index is 2.01. The van der Waals surface area contributed by atoms with E-state index in [1.807, 2.05) is 0 Å². The van der Waals surface area contributed by atoms with Gasteiger partial charge in [0.1, 0.15) is 0 Å². The van der Waals surface area contributed by atoms with Crippen LogP contribution in [0.4, 0.5) is 5.69 Å². The lowest BCUT2D eigenvalue weighted by molar-refractivity contribution is -0.387. The fraction of sp³-hybridized carbons (Fsp3) is 0.538. The number of piperidine rings is 1. The van der Waals surface area contributed by atoms with Crippen LogP contribution in [0.3, 0.4) is 0 Å². The molecule has 0 unspecified atom stereocenters. The summed E-state index contributed by atoms with van der Waals surface area (Å²) in [4.78, 5) is 9.85. The molecule has 1 fully saturated rings. The van der Waals surface area contributed by atoms with Crippen LogP contribution in [0.1, 0.15) is 12.8 Å². The molecule has 0 saturated carbocycles. The van der Waals surface area contributed by atoms with Crippen molar-refractivity contribution < 1.29 is 21.8 Å². The second-order valence-corrected chi connectivity index (χ2v) is 9.40. The maximum atomic E-state index is 12.3. The number of nitro benzene ring substituents is 1. The molecule has 11 heteroatoms. The molecule has 0 radical (unpaired) electrons. The zero-order valence-electron chi connectivity index (χ0n) is 13.1. The van der Waals surface area contributed by atoms with Crippen molar-refractivity contribution in [3.8, 4) is 0 Å². The Labute approximate surface area is 140 Å². The van der Waals surface area contributed by atoms with Crippen molar-refractivity contribution in [2.24, 2.45) is 5.92 Å². The maximum Gasteiger partial charge on any atom is 0.289 e. The highest BCUT2D eigenvalue weighted by molar-refractivity contribution is 7.89. The molecule has 1 aliphatic heterocycles. The predicted octanol–water partition coefficient (Wildman–Crippen LogP) is 0.545. The van der Waals surface area contributed by atoms with Crippen LogP contribution in [-0.2, 0) is 20.0 Å². The number of para-hydroxylation sites is 1. The summed E-state index contributed by atoms with van der Waals surface area (Å²) >= 11 is 0. The van der Waals surface area contributed by atoms with Crippen molar-refractivity contribution in [2.45, 2.75) is 17.7 Å². The Morgan fingerprint density at radius 2 is 1.79 bits per heavy atom. The van der Waals surface area contributed by atoms with Gasteiger partial charge < -0.3 is 0 Å². The van der Waals surface area contributed by atoms with Gasteiger partial charge in [-0.3, -0.25) is 10.1 Å². The van der Waals surface area contributed by atoms with Gasteiger partial charge in [-0.15, -0.1) is 0 Å². The molecule has 9 nitrogen and oxygen atoms in total. The highest BCUT2D eigenvalue weighted by Gasteiger charge is 2.28. The highest BCUT2D eigenvalue weighted by atomic mass is 32.2. The Bertz CT molecular complexity index is 814. The number of rotatable bonds is 6. The molecule has 1 heterocycles. The summed E-state index contributed by atoms with van der Waals surface area (Å²) in [5, 5.41) is 11.0. The smallest absolute Gasteiger partial charge is 0.258 e. The van der Waals surface area contributed by atoms with E-state index in [2.05, 4.69) is 4.72 Å². The normalized spacial score (nSPS) is 17.7. The van der Waals surface area contributed by atoms with E-state index in [-0.39, 0.29) is 17.4 Å². The second-order valence-electron chi connectivity index (χ2n) is 5.68. The van der Waals surface area contributed by atoms with Gasteiger partial charge in [-0.25, -0.2) is 25.9 Å². The molecular formula is C13H19N3O6S2. The van der Waals surface area contributed by atoms with Gasteiger partial charge in [0.15, 0.2) is 4.90 Å². The quantitative estimate of drug-likeness (QED) is 0.569. The maximum absolute atomic E-state index is 12.3. The van der Waals surface area contributed by atoms with Crippen LogP contribution >= 0.6 is 0 Å². The molecule has 134 valence electrons. The molecule has 0 aliphatic carbocycles. The first-order valence-electron chi connectivity index (χ1n) is 7.29. The molecule has 0 aromatic heterocycles. The van der Waals surface area contributed by atoms with E-state index in [4.69, 9.17) is 0 Å². The van der Waals surface area contributed by atoms with Gasteiger partial charge >= 0.3 is 0 Å². The lowest BCUT2D eigenvalue weighted by Gasteiger charge is -2.30. The Kier molecular flexibility index (Phi) is 5.58. The van der Waals surface area contributed by atoms with E-state index >= 15 is 0 Å². The van der Waals surface area contributed by atoms with E-state index in [0.29, 0.717) is 25.9 Å². The minimum atomic E-state index is -4.00. The summed E-state index contributed by atoms with van der Waals surface area (Å²) in [5.74, 6) is -0.0134. The molecule has 1 aromatic rings. The van der Waals surface area contributed by atoms with Crippen LogP contribution in [0.5, 0.6) is 0 Å². The van der Waals surface area contributed by atoms with Gasteiger partial charge in [-0.05, 0) is 24.8 Å². The Morgan fingerprint density at radius 1 is 1.21 bits per heavy atom. The number of benzene rings is 1. The third-order valence-electron chi connectivity index (χ3n) is 3.96. The molecule has 24 heavy (non-hydrogen) atoms. The summed E-state index contributed by atoms with van der Waals surface area (Å²) in [6.07, 6.45) is 2.21. The lowest BCUT2D eigenvalue weighted by atomic mass is 9.99. The summed E-state index contributed by atoms with van der Waals surface area (Å²) in [5.41, 5.74) is -0.475. The van der Waals surface area contributed by atoms with Crippen molar-refractivity contribution >= 4 is 25.7 Å². The number of nitro groups is 1. The molecule has 0 spiro atoms. The Morgan fingerprint density at radius 3 is 2.33 bits per heavy atom. The van der Waals surface area contributed by atoms with Gasteiger partial charge in [-0.1, -0.05) is 12.1 Å². The fourth-order valence-corrected chi connectivity index (χ4v) is 4.75. The number of nitrogens with zero attached hydrogens (tertiary/aromatic N) is 2. The van der Waals surface area contributed by atoms with Crippen LogP contribution in [0.2, 0.25) is 0 Å². The van der Waals surface area contributed by atoms with Crippen molar-refractivity contribution in [1.29, 1.82) is 0 Å². The largest absolute Gasteiger partial charge is 0.289 e. The predicted molar refractivity (Wildman–Crippen MR) is 87.4 cm³/mol. The van der Waals surface area contributed by atoms with Crippen molar-refractivity contribution in [3.05, 3.63) is 34.4 Å². The summed E-state index contributed by atoms with van der Waals surface area (Å²) in [6, 6.07) is 5.15. The number of nitrogens with one attached hydrogen (secondary N) is 1. The van der Waals surface area contributed by atoms with Gasteiger partial charge in [0, 0.05) is 25.7 Å². The van der Waals surface area contributed by atoms with Gasteiger partial charge in [0.25, 0.3) is 5.69 Å². The Hall–Kier alpha value is -1.56. The van der Waals surface area contributed by atoms with Crippen LogP contribution in [-0.4, -0.2) is 52.0 Å². The molecular weight excluding hydrogens is 358 g/mol. The molecule has 1 aromatic carbocycles. The average molecular weight is 377 g/mol. The van der Waals surface area contributed by atoms with Crippen LogP contribution < -0.4 is 4.72 Å². The average Bonchev–Trinajstić information content (AvgIpc) is 2.52. The summed E-state index contributed by atoms with van der Waals surface area (Å²) in [7, 11) is -7.23. The zero-order valence-corrected chi connectivity index (χ0v) is 14.7. The fourth-order valence-electron chi connectivity index (χ4n) is 2.59. The van der Waals surface area contributed by atoms with E-state index in [1.165, 1.54) is 22.5 Å². The highest BCUT2D eigenvalue weighted by Crippen LogP contribution is 2.24. The number of sulfonamides is 2. The van der Waals surface area contributed by atoms with E-state index < -0.39 is 30.7 Å². The third kappa shape index (κ3) is 4.50. The minimum absolute atomic E-state index is 0.0134. The van der Waals surface area contributed by atoms with Crippen molar-refractivity contribution in [2.75, 3.05) is 25.9 Å². The standard InChI is InChI=1S/C13H19N3O6S2/c1-23(19,20)15-8-6-11(7-9-15)10-14-24(21,22)13-5-3-2-4-12(13)16(17)18/h2-5,11,14H,6-10H2,1H3. The van der Waals surface area contributed by atoms with Gasteiger partial charge in [0.05, 0.1) is 11.2 Å². The van der Waals surface area contributed by atoms with Crippen LogP contribution in [0.25, 0.3) is 0 Å². The summed E-state index contributed by atoms with van der Waals surface area (Å²) < 4.78 is 51.3. The van der Waals surface area contributed by atoms with Crippen LogP contribution in [0, 0.1) is 16.0 Å². The van der Waals surface area contributed by atoms with E-state index in [0.717, 1.165) is 12.3 Å². The first-order chi connectivity index (χ1) is 11.1.